The third-order valence-electron chi connectivity index (χ3n) is 4.33. The van der Waals surface area contributed by atoms with Gasteiger partial charge >= 0.3 is 0 Å². The molecular weight excluding hydrogens is 376 g/mol. The van der Waals surface area contributed by atoms with Gasteiger partial charge in [0.05, 0.1) is 29.9 Å². The molecule has 2 aromatic rings. The lowest BCUT2D eigenvalue weighted by molar-refractivity contribution is 0.0799. The number of hydrogen-bond acceptors (Lipinski definition) is 5. The molecule has 0 heterocycles. The normalized spacial score (nSPS) is 12.7. The lowest BCUT2D eigenvalue weighted by atomic mass is 10.1. The molecule has 28 heavy (non-hydrogen) atoms. The van der Waals surface area contributed by atoms with Gasteiger partial charge in [-0.25, -0.2) is 8.42 Å². The maximum atomic E-state index is 12.6. The van der Waals surface area contributed by atoms with Crippen molar-refractivity contribution < 1.29 is 17.9 Å². The molecule has 0 spiro atoms. The van der Waals surface area contributed by atoms with Crippen LogP contribution in [0.5, 0.6) is 0 Å². The Morgan fingerprint density at radius 1 is 1.07 bits per heavy atom. The first-order valence-electron chi connectivity index (χ1n) is 9.24. The van der Waals surface area contributed by atoms with E-state index in [0.29, 0.717) is 18.8 Å². The smallest absolute Gasteiger partial charge is 0.251 e. The molecule has 0 aliphatic heterocycles. The molecular formula is C21H28N2O4S. The molecule has 0 radical (unpaired) electrons. The van der Waals surface area contributed by atoms with E-state index in [1.165, 1.54) is 0 Å². The number of rotatable bonds is 10. The highest BCUT2D eigenvalue weighted by Crippen LogP contribution is 2.19. The molecule has 0 aromatic heterocycles. The Morgan fingerprint density at radius 3 is 2.29 bits per heavy atom. The van der Waals surface area contributed by atoms with Gasteiger partial charge in [-0.3, -0.25) is 4.79 Å². The van der Waals surface area contributed by atoms with E-state index in [1.807, 2.05) is 37.2 Å². The van der Waals surface area contributed by atoms with Crippen LogP contribution in [0, 0.1) is 0 Å². The van der Waals surface area contributed by atoms with Crippen LogP contribution in [0.1, 0.15) is 28.9 Å². The third kappa shape index (κ3) is 6.44. The summed E-state index contributed by atoms with van der Waals surface area (Å²) in [6, 6.07) is 15.2. The van der Waals surface area contributed by atoms with Crippen LogP contribution in [0.2, 0.25) is 0 Å². The van der Waals surface area contributed by atoms with Crippen LogP contribution in [0.4, 0.5) is 0 Å². The van der Waals surface area contributed by atoms with Gasteiger partial charge in [0.1, 0.15) is 0 Å². The summed E-state index contributed by atoms with van der Waals surface area (Å²) in [6.07, 6.45) is 0. The van der Waals surface area contributed by atoms with Gasteiger partial charge in [0.25, 0.3) is 5.91 Å². The number of ether oxygens (including phenoxy) is 1. The van der Waals surface area contributed by atoms with Gasteiger partial charge in [-0.2, -0.15) is 0 Å². The zero-order valence-electron chi connectivity index (χ0n) is 16.6. The number of benzene rings is 2. The maximum Gasteiger partial charge on any atom is 0.251 e. The molecule has 0 saturated heterocycles. The number of carbonyl (C=O) groups is 1. The van der Waals surface area contributed by atoms with Crippen molar-refractivity contribution in [3.8, 4) is 0 Å². The third-order valence-corrected chi connectivity index (χ3v) is 6.08. The van der Waals surface area contributed by atoms with Crippen molar-refractivity contribution in [3.05, 3.63) is 65.7 Å². The number of nitrogens with one attached hydrogen (secondary N) is 1. The second-order valence-electron chi connectivity index (χ2n) is 6.74. The van der Waals surface area contributed by atoms with Crippen LogP contribution < -0.4 is 5.32 Å². The highest BCUT2D eigenvalue weighted by atomic mass is 32.2. The van der Waals surface area contributed by atoms with Crippen LogP contribution in [0.25, 0.3) is 0 Å². The number of carbonyl (C=O) groups excluding carboxylic acids is 1. The summed E-state index contributed by atoms with van der Waals surface area (Å²) in [4.78, 5) is 14.9. The van der Waals surface area contributed by atoms with E-state index in [1.54, 1.807) is 43.3 Å². The monoisotopic (exact) mass is 404 g/mol. The van der Waals surface area contributed by atoms with Gasteiger partial charge in [-0.05, 0) is 43.9 Å². The summed E-state index contributed by atoms with van der Waals surface area (Å²) in [7, 11) is 0.665. The molecule has 7 heteroatoms. The molecule has 2 rings (SSSR count). The zero-order valence-corrected chi connectivity index (χ0v) is 17.4. The van der Waals surface area contributed by atoms with E-state index < -0.39 is 9.84 Å². The number of nitrogens with zero attached hydrogens (tertiary/aromatic N) is 1. The zero-order chi connectivity index (χ0) is 20.6. The summed E-state index contributed by atoms with van der Waals surface area (Å²) in [5, 5.41) is 2.98. The molecule has 152 valence electrons. The molecule has 1 amide bonds. The van der Waals surface area contributed by atoms with Crippen LogP contribution in [0.3, 0.4) is 0 Å². The lowest BCUT2D eigenvalue weighted by Gasteiger charge is -2.20. The quantitative estimate of drug-likeness (QED) is 0.616. The minimum atomic E-state index is -3.26. The highest BCUT2D eigenvalue weighted by molar-refractivity contribution is 7.91. The fraction of sp³-hybridized carbons (Fsp3) is 0.381. The van der Waals surface area contributed by atoms with E-state index >= 15 is 0 Å². The van der Waals surface area contributed by atoms with Crippen molar-refractivity contribution in [1.29, 1.82) is 0 Å². The second-order valence-corrected chi connectivity index (χ2v) is 9.02. The molecule has 0 aliphatic rings. The average molecular weight is 405 g/mol. The minimum absolute atomic E-state index is 0.0498. The molecule has 0 unspecified atom stereocenters. The van der Waals surface area contributed by atoms with Crippen LogP contribution in [-0.4, -0.2) is 58.8 Å². The predicted molar refractivity (Wildman–Crippen MR) is 110 cm³/mol. The van der Waals surface area contributed by atoms with Gasteiger partial charge in [0, 0.05) is 12.1 Å². The molecule has 0 fully saturated rings. The highest BCUT2D eigenvalue weighted by Gasteiger charge is 2.18. The van der Waals surface area contributed by atoms with Crippen LogP contribution >= 0.6 is 0 Å². The maximum absolute atomic E-state index is 12.6. The minimum Gasteiger partial charge on any atom is -0.378 e. The Morgan fingerprint density at radius 2 is 1.71 bits per heavy atom. The summed E-state index contributed by atoms with van der Waals surface area (Å²) in [6.45, 7) is 3.22. The van der Waals surface area contributed by atoms with Gasteiger partial charge in [0.15, 0.2) is 9.84 Å². The molecule has 0 aliphatic carbocycles. The molecule has 6 nitrogen and oxygen atoms in total. The van der Waals surface area contributed by atoms with Crippen molar-refractivity contribution in [1.82, 2.24) is 10.2 Å². The van der Waals surface area contributed by atoms with E-state index in [9.17, 15) is 13.2 Å². The molecule has 2 aromatic carbocycles. The Kier molecular flexibility index (Phi) is 8.17. The summed E-state index contributed by atoms with van der Waals surface area (Å²) in [5.41, 5.74) is 1.36. The predicted octanol–water partition coefficient (Wildman–Crippen LogP) is 2.53. The van der Waals surface area contributed by atoms with E-state index in [-0.39, 0.29) is 22.6 Å². The van der Waals surface area contributed by atoms with Crippen LogP contribution in [-0.2, 0) is 14.6 Å². The van der Waals surface area contributed by atoms with Crippen molar-refractivity contribution in [2.45, 2.75) is 17.9 Å². The summed E-state index contributed by atoms with van der Waals surface area (Å²) in [5.74, 6) is -0.152. The average Bonchev–Trinajstić information content (AvgIpc) is 2.70. The standard InChI is InChI=1S/C21H28N2O4S/c1-4-28(25,26)19-12-10-17(11-13-19)20(16-27-15-14-23(2)3)22-21(24)18-8-6-5-7-9-18/h5-13,20H,4,14-16H2,1-3H3,(H,22,24)/t20-/m0/s1. The summed E-state index contributed by atoms with van der Waals surface area (Å²) >= 11 is 0. The number of hydrogen-bond donors (Lipinski definition) is 1. The lowest BCUT2D eigenvalue weighted by Crippen LogP contribution is -2.32. The Bertz CT molecular complexity index is 850. The SMILES string of the molecule is CCS(=O)(=O)c1ccc([C@H](COCCN(C)C)NC(=O)c2ccccc2)cc1. The second kappa shape index (κ2) is 10.4. The molecule has 0 saturated carbocycles. The summed E-state index contributed by atoms with van der Waals surface area (Å²) < 4.78 is 29.8. The van der Waals surface area contributed by atoms with Gasteiger partial charge < -0.3 is 15.0 Å². The van der Waals surface area contributed by atoms with Gasteiger partial charge in [-0.1, -0.05) is 37.3 Å². The number of likely N-dealkylation sites (N-methyl/N-ethyl adjacent to an activating group) is 1. The largest absolute Gasteiger partial charge is 0.378 e. The first kappa shape index (κ1) is 22.1. The van der Waals surface area contributed by atoms with Gasteiger partial charge in [0.2, 0.25) is 0 Å². The van der Waals surface area contributed by atoms with Crippen molar-refractivity contribution in [3.63, 3.8) is 0 Å². The Labute approximate surface area is 167 Å². The van der Waals surface area contributed by atoms with Crippen molar-refractivity contribution in [2.75, 3.05) is 39.6 Å². The number of sulfone groups is 1. The molecule has 1 N–H and O–H groups in total. The molecule has 0 bridgehead atoms. The van der Waals surface area contributed by atoms with E-state index in [4.69, 9.17) is 4.74 Å². The Hall–Kier alpha value is -2.22. The van der Waals surface area contributed by atoms with E-state index in [2.05, 4.69) is 5.32 Å². The van der Waals surface area contributed by atoms with Gasteiger partial charge in [-0.15, -0.1) is 0 Å². The fourth-order valence-electron chi connectivity index (χ4n) is 2.57. The number of amides is 1. The topological polar surface area (TPSA) is 75.7 Å². The molecule has 1 atom stereocenters. The Balaban J connectivity index is 2.16. The first-order valence-corrected chi connectivity index (χ1v) is 10.9. The van der Waals surface area contributed by atoms with E-state index in [0.717, 1.165) is 12.1 Å². The van der Waals surface area contributed by atoms with Crippen LogP contribution in [0.15, 0.2) is 59.5 Å². The first-order chi connectivity index (χ1) is 13.3. The van der Waals surface area contributed by atoms with Crippen molar-refractivity contribution >= 4 is 15.7 Å². The fourth-order valence-corrected chi connectivity index (χ4v) is 3.46. The van der Waals surface area contributed by atoms with Crippen molar-refractivity contribution in [2.24, 2.45) is 0 Å².